The largest absolute Gasteiger partial charge is 0.442 e. The van der Waals surface area contributed by atoms with Crippen LogP contribution in [0, 0.1) is 6.92 Å². The van der Waals surface area contributed by atoms with Gasteiger partial charge in [-0.25, -0.2) is 0 Å². The Bertz CT molecular complexity index is 260. The van der Waals surface area contributed by atoms with Gasteiger partial charge in [-0.3, -0.25) is 9.78 Å². The Kier molecular flexibility index (Phi) is 3.05. The molecule has 1 rings (SSSR count). The van der Waals surface area contributed by atoms with Crippen LogP contribution in [0.5, 0.6) is 0 Å². The molecule has 0 N–H and O–H groups in total. The number of alkyl halides is 1. The summed E-state index contributed by atoms with van der Waals surface area (Å²) < 4.78 is 4.49. The number of pyridine rings is 1. The molecule has 0 aliphatic heterocycles. The Labute approximate surface area is 75.3 Å². The lowest BCUT2D eigenvalue weighted by atomic mass is 10.3. The molecule has 1 unspecified atom stereocenters. The first-order valence-electron chi connectivity index (χ1n) is 3.40. The second kappa shape index (κ2) is 4.07. The maximum atomic E-state index is 9.92. The Morgan fingerprint density at radius 2 is 2.42 bits per heavy atom. The maximum absolute atomic E-state index is 9.92. The van der Waals surface area contributed by atoms with Gasteiger partial charge in [-0.05, 0) is 18.6 Å². The van der Waals surface area contributed by atoms with Gasteiger partial charge in [-0.15, -0.1) is 0 Å². The summed E-state index contributed by atoms with van der Waals surface area (Å²) in [5.41, 5.74) is 0.784. The van der Waals surface area contributed by atoms with Crippen molar-refractivity contribution in [2.24, 2.45) is 0 Å². The summed E-state index contributed by atoms with van der Waals surface area (Å²) in [6, 6.07) is 3.57. The number of halogens is 1. The zero-order chi connectivity index (χ0) is 8.97. The van der Waals surface area contributed by atoms with E-state index >= 15 is 0 Å². The van der Waals surface area contributed by atoms with Gasteiger partial charge >= 0.3 is 0 Å². The van der Waals surface area contributed by atoms with Crippen LogP contribution in [0.1, 0.15) is 16.8 Å². The standard InChI is InChI=1S/C8H8ClNO2/c1-6-2-3-7(10-4-6)8(9)12-5-11/h2-5,8H,1H3. The number of aromatic nitrogens is 1. The van der Waals surface area contributed by atoms with E-state index in [4.69, 9.17) is 11.6 Å². The molecule has 1 heterocycles. The monoisotopic (exact) mass is 185 g/mol. The van der Waals surface area contributed by atoms with E-state index in [1.54, 1.807) is 12.3 Å². The fourth-order valence-electron chi connectivity index (χ4n) is 0.732. The fraction of sp³-hybridized carbons (Fsp3) is 0.250. The van der Waals surface area contributed by atoms with Crippen LogP contribution in [0.4, 0.5) is 0 Å². The van der Waals surface area contributed by atoms with Gasteiger partial charge in [0.1, 0.15) is 0 Å². The smallest absolute Gasteiger partial charge is 0.294 e. The predicted molar refractivity (Wildman–Crippen MR) is 44.7 cm³/mol. The van der Waals surface area contributed by atoms with Crippen LogP contribution in [0.3, 0.4) is 0 Å². The lowest BCUT2D eigenvalue weighted by Gasteiger charge is -2.05. The van der Waals surface area contributed by atoms with Crippen molar-refractivity contribution in [1.82, 2.24) is 4.98 Å². The fourth-order valence-corrected chi connectivity index (χ4v) is 0.903. The predicted octanol–water partition coefficient (Wildman–Crippen LogP) is 1.80. The Morgan fingerprint density at radius 1 is 1.67 bits per heavy atom. The van der Waals surface area contributed by atoms with E-state index < -0.39 is 5.56 Å². The maximum Gasteiger partial charge on any atom is 0.294 e. The molecule has 1 aromatic rings. The van der Waals surface area contributed by atoms with Crippen molar-refractivity contribution < 1.29 is 9.53 Å². The van der Waals surface area contributed by atoms with Crippen molar-refractivity contribution in [2.45, 2.75) is 12.5 Å². The first-order valence-corrected chi connectivity index (χ1v) is 3.83. The van der Waals surface area contributed by atoms with E-state index in [2.05, 4.69) is 9.72 Å². The summed E-state index contributed by atoms with van der Waals surface area (Å²) >= 11 is 5.64. The minimum absolute atomic E-state index is 0.305. The number of aryl methyl sites for hydroxylation is 1. The topological polar surface area (TPSA) is 39.2 Å². The average molecular weight is 186 g/mol. The Morgan fingerprint density at radius 3 is 2.92 bits per heavy atom. The summed E-state index contributed by atoms with van der Waals surface area (Å²) in [6.07, 6.45) is 1.67. The molecule has 0 radical (unpaired) electrons. The first kappa shape index (κ1) is 9.00. The number of carbonyl (C=O) groups excluding carboxylic acids is 1. The zero-order valence-electron chi connectivity index (χ0n) is 6.53. The van der Waals surface area contributed by atoms with Gasteiger partial charge in [-0.1, -0.05) is 17.7 Å². The van der Waals surface area contributed by atoms with Crippen molar-refractivity contribution in [1.29, 1.82) is 0 Å². The molecule has 0 amide bonds. The third-order valence-corrected chi connectivity index (χ3v) is 1.67. The lowest BCUT2D eigenvalue weighted by Crippen LogP contribution is -1.97. The van der Waals surface area contributed by atoms with Crippen molar-refractivity contribution in [3.63, 3.8) is 0 Å². The highest BCUT2D eigenvalue weighted by molar-refractivity contribution is 6.20. The highest BCUT2D eigenvalue weighted by Gasteiger charge is 2.07. The Balaban J connectivity index is 2.74. The SMILES string of the molecule is Cc1ccc(C(Cl)OC=O)nc1. The van der Waals surface area contributed by atoms with E-state index in [0.29, 0.717) is 12.2 Å². The molecule has 12 heavy (non-hydrogen) atoms. The molecule has 4 heteroatoms. The second-order valence-electron chi connectivity index (χ2n) is 2.31. The molecule has 3 nitrogen and oxygen atoms in total. The number of rotatable bonds is 3. The molecule has 0 bridgehead atoms. The highest BCUT2D eigenvalue weighted by Crippen LogP contribution is 2.18. The third kappa shape index (κ3) is 2.20. The van der Waals surface area contributed by atoms with Crippen molar-refractivity contribution >= 4 is 18.1 Å². The molecule has 64 valence electrons. The summed E-state index contributed by atoms with van der Waals surface area (Å²) in [5, 5.41) is 0. The van der Waals surface area contributed by atoms with Crippen molar-refractivity contribution in [3.05, 3.63) is 29.6 Å². The minimum atomic E-state index is -0.789. The molecule has 0 saturated carbocycles. The zero-order valence-corrected chi connectivity index (χ0v) is 7.28. The van der Waals surface area contributed by atoms with Crippen LogP contribution in [0.15, 0.2) is 18.3 Å². The average Bonchev–Trinajstić information content (AvgIpc) is 2.06. The first-order chi connectivity index (χ1) is 5.74. The van der Waals surface area contributed by atoms with Gasteiger partial charge in [0.05, 0.1) is 5.69 Å². The molecular formula is C8H8ClNO2. The van der Waals surface area contributed by atoms with E-state index in [1.165, 1.54) is 0 Å². The molecule has 1 aromatic heterocycles. The van der Waals surface area contributed by atoms with Gasteiger partial charge < -0.3 is 4.74 Å². The van der Waals surface area contributed by atoms with Gasteiger partial charge in [0.25, 0.3) is 6.47 Å². The minimum Gasteiger partial charge on any atom is -0.442 e. The molecule has 0 aromatic carbocycles. The normalized spacial score (nSPS) is 12.2. The van der Waals surface area contributed by atoms with Gasteiger partial charge in [0.15, 0.2) is 0 Å². The molecule has 0 aliphatic rings. The summed E-state index contributed by atoms with van der Waals surface area (Å²) in [6.45, 7) is 2.22. The van der Waals surface area contributed by atoms with Crippen LogP contribution in [-0.2, 0) is 9.53 Å². The molecule has 0 spiro atoms. The number of carbonyl (C=O) groups is 1. The van der Waals surface area contributed by atoms with Crippen LogP contribution in [0.25, 0.3) is 0 Å². The van der Waals surface area contributed by atoms with Crippen LogP contribution >= 0.6 is 11.6 Å². The number of nitrogens with zero attached hydrogens (tertiary/aromatic N) is 1. The van der Waals surface area contributed by atoms with Gasteiger partial charge in [0, 0.05) is 6.20 Å². The molecule has 0 aliphatic carbocycles. The van der Waals surface area contributed by atoms with Crippen LogP contribution in [0.2, 0.25) is 0 Å². The lowest BCUT2D eigenvalue weighted by molar-refractivity contribution is -0.130. The summed E-state index contributed by atoms with van der Waals surface area (Å²) in [4.78, 5) is 13.9. The number of hydrogen-bond acceptors (Lipinski definition) is 3. The number of hydrogen-bond donors (Lipinski definition) is 0. The summed E-state index contributed by atoms with van der Waals surface area (Å²) in [5.74, 6) is 0. The van der Waals surface area contributed by atoms with Crippen molar-refractivity contribution in [2.75, 3.05) is 0 Å². The van der Waals surface area contributed by atoms with E-state index in [1.807, 2.05) is 13.0 Å². The Hall–Kier alpha value is -1.09. The van der Waals surface area contributed by atoms with Crippen molar-refractivity contribution in [3.8, 4) is 0 Å². The molecule has 0 saturated heterocycles. The van der Waals surface area contributed by atoms with E-state index in [9.17, 15) is 4.79 Å². The highest BCUT2D eigenvalue weighted by atomic mass is 35.5. The second-order valence-corrected chi connectivity index (χ2v) is 2.71. The molecule has 1 atom stereocenters. The van der Waals surface area contributed by atoms with E-state index in [0.717, 1.165) is 5.56 Å². The molecular weight excluding hydrogens is 178 g/mol. The quantitative estimate of drug-likeness (QED) is 0.533. The third-order valence-electron chi connectivity index (χ3n) is 1.34. The summed E-state index contributed by atoms with van der Waals surface area (Å²) in [7, 11) is 0. The van der Waals surface area contributed by atoms with Crippen LogP contribution < -0.4 is 0 Å². The van der Waals surface area contributed by atoms with Gasteiger partial charge in [0.2, 0.25) is 5.56 Å². The van der Waals surface area contributed by atoms with Gasteiger partial charge in [-0.2, -0.15) is 0 Å². The molecule has 0 fully saturated rings. The van der Waals surface area contributed by atoms with Crippen LogP contribution in [-0.4, -0.2) is 11.5 Å². The number of ether oxygens (including phenoxy) is 1. The van der Waals surface area contributed by atoms with E-state index in [-0.39, 0.29) is 0 Å².